The number of rotatable bonds is 6. The van der Waals surface area contributed by atoms with Crippen LogP contribution in [0.3, 0.4) is 0 Å². The normalized spacial score (nSPS) is 13.0. The number of halogens is 1. The Morgan fingerprint density at radius 2 is 1.78 bits per heavy atom. The molecule has 0 unspecified atom stereocenters. The maximum absolute atomic E-state index is 13.0. The molecule has 0 N–H and O–H groups in total. The van der Waals surface area contributed by atoms with Crippen LogP contribution in [0.5, 0.6) is 5.75 Å². The number of carbonyl (C=O) groups is 1. The van der Waals surface area contributed by atoms with Gasteiger partial charge >= 0.3 is 0 Å². The van der Waals surface area contributed by atoms with Gasteiger partial charge in [0.05, 0.1) is 11.7 Å². The smallest absolute Gasteiger partial charge is 0.263 e. The quantitative estimate of drug-likeness (QED) is 0.669. The molecule has 0 saturated heterocycles. The fourth-order valence-corrected chi connectivity index (χ4v) is 2.72. The molecule has 1 amide bonds. The summed E-state index contributed by atoms with van der Waals surface area (Å²) in [4.78, 5) is 18.3. The Morgan fingerprint density at radius 3 is 2.37 bits per heavy atom. The number of likely N-dealkylation sites (N-methyl/N-ethyl adjacent to an activating group) is 1. The summed E-state index contributed by atoms with van der Waals surface area (Å²) in [6.45, 7) is 3.63. The van der Waals surface area contributed by atoms with E-state index in [0.29, 0.717) is 5.75 Å². The number of hydrogen-bond acceptors (Lipinski definition) is 4. The van der Waals surface area contributed by atoms with Gasteiger partial charge in [-0.3, -0.25) is 4.79 Å². The van der Waals surface area contributed by atoms with E-state index in [1.807, 2.05) is 31.2 Å². The van der Waals surface area contributed by atoms with Gasteiger partial charge in [0.25, 0.3) is 5.91 Å². The Morgan fingerprint density at radius 1 is 1.11 bits per heavy atom. The van der Waals surface area contributed by atoms with Crippen LogP contribution in [0.2, 0.25) is 0 Å². The maximum atomic E-state index is 13.0. The predicted octanol–water partition coefficient (Wildman–Crippen LogP) is 3.39. The molecule has 0 aliphatic carbocycles. The Labute approximate surface area is 157 Å². The average Bonchev–Trinajstić information content (AvgIpc) is 3.23. The lowest BCUT2D eigenvalue weighted by Gasteiger charge is -2.28. The van der Waals surface area contributed by atoms with Gasteiger partial charge in [-0.25, -0.2) is 14.1 Å². The third kappa shape index (κ3) is 4.31. The molecule has 1 heterocycles. The van der Waals surface area contributed by atoms with E-state index in [-0.39, 0.29) is 17.8 Å². The van der Waals surface area contributed by atoms with Crippen LogP contribution in [-0.4, -0.2) is 38.7 Å². The van der Waals surface area contributed by atoms with Gasteiger partial charge in [-0.1, -0.05) is 12.1 Å². The van der Waals surface area contributed by atoms with Gasteiger partial charge < -0.3 is 9.64 Å². The minimum Gasteiger partial charge on any atom is -0.481 e. The van der Waals surface area contributed by atoms with Gasteiger partial charge in [0, 0.05) is 7.05 Å². The third-order valence-electron chi connectivity index (χ3n) is 4.46. The van der Waals surface area contributed by atoms with Crippen molar-refractivity contribution in [1.82, 2.24) is 19.7 Å². The van der Waals surface area contributed by atoms with Crippen LogP contribution in [0, 0.1) is 5.82 Å². The van der Waals surface area contributed by atoms with Crippen molar-refractivity contribution in [2.24, 2.45) is 0 Å². The van der Waals surface area contributed by atoms with Crippen LogP contribution in [0.1, 0.15) is 25.5 Å². The minimum atomic E-state index is -0.683. The molecule has 2 atom stereocenters. The lowest BCUT2D eigenvalue weighted by molar-refractivity contribution is -0.138. The van der Waals surface area contributed by atoms with Crippen molar-refractivity contribution >= 4 is 5.91 Å². The molecule has 140 valence electrons. The zero-order chi connectivity index (χ0) is 19.4. The molecule has 0 saturated carbocycles. The summed E-state index contributed by atoms with van der Waals surface area (Å²) in [7, 11) is 1.74. The molecule has 0 radical (unpaired) electrons. The van der Waals surface area contributed by atoms with E-state index in [1.54, 1.807) is 29.9 Å². The fourth-order valence-electron chi connectivity index (χ4n) is 2.72. The Hall–Kier alpha value is -3.22. The van der Waals surface area contributed by atoms with Gasteiger partial charge in [0.1, 0.15) is 24.2 Å². The standard InChI is InChI=1S/C20H21FN4O2/c1-14(16-4-8-18(9-5-16)25-13-22-12-23-25)24(3)20(26)15(2)27-19-10-6-17(21)7-11-19/h4-15H,1-3H3/t14-,15+/m0/s1. The monoisotopic (exact) mass is 368 g/mol. The van der Waals surface area contributed by atoms with Crippen molar-refractivity contribution in [3.05, 3.63) is 72.6 Å². The van der Waals surface area contributed by atoms with Gasteiger partial charge in [-0.2, -0.15) is 5.10 Å². The second-order valence-corrected chi connectivity index (χ2v) is 6.27. The van der Waals surface area contributed by atoms with E-state index in [0.717, 1.165) is 11.3 Å². The minimum absolute atomic E-state index is 0.137. The summed E-state index contributed by atoms with van der Waals surface area (Å²) in [5, 5.41) is 4.09. The zero-order valence-corrected chi connectivity index (χ0v) is 15.4. The molecular formula is C20H21FN4O2. The van der Waals surface area contributed by atoms with E-state index in [2.05, 4.69) is 10.1 Å². The summed E-state index contributed by atoms with van der Waals surface area (Å²) >= 11 is 0. The number of hydrogen-bond donors (Lipinski definition) is 0. The maximum Gasteiger partial charge on any atom is 0.263 e. The molecule has 0 aliphatic heterocycles. The van der Waals surface area contributed by atoms with Crippen LogP contribution in [-0.2, 0) is 4.79 Å². The molecular weight excluding hydrogens is 347 g/mol. The van der Waals surface area contributed by atoms with Crippen LogP contribution in [0.25, 0.3) is 5.69 Å². The van der Waals surface area contributed by atoms with Crippen molar-refractivity contribution in [2.75, 3.05) is 7.05 Å². The van der Waals surface area contributed by atoms with Crippen molar-refractivity contribution in [2.45, 2.75) is 26.0 Å². The summed E-state index contributed by atoms with van der Waals surface area (Å²) in [6, 6.07) is 13.2. The van der Waals surface area contributed by atoms with Gasteiger partial charge in [0.15, 0.2) is 6.10 Å². The molecule has 0 fully saturated rings. The van der Waals surface area contributed by atoms with E-state index in [9.17, 15) is 9.18 Å². The van der Waals surface area contributed by atoms with E-state index in [1.165, 1.54) is 30.6 Å². The molecule has 1 aromatic heterocycles. The number of nitrogens with zero attached hydrogens (tertiary/aromatic N) is 4. The van der Waals surface area contributed by atoms with Crippen molar-refractivity contribution in [3.63, 3.8) is 0 Å². The zero-order valence-electron chi connectivity index (χ0n) is 15.4. The van der Waals surface area contributed by atoms with E-state index < -0.39 is 6.10 Å². The van der Waals surface area contributed by atoms with Crippen molar-refractivity contribution in [1.29, 1.82) is 0 Å². The largest absolute Gasteiger partial charge is 0.481 e. The summed E-state index contributed by atoms with van der Waals surface area (Å²) in [5.41, 5.74) is 1.88. The molecule has 0 spiro atoms. The lowest BCUT2D eigenvalue weighted by Crippen LogP contribution is -2.39. The predicted molar refractivity (Wildman–Crippen MR) is 99.0 cm³/mol. The fraction of sp³-hybridized carbons (Fsp3) is 0.250. The molecule has 6 nitrogen and oxygen atoms in total. The Bertz CT molecular complexity index is 879. The molecule has 3 rings (SSSR count). The summed E-state index contributed by atoms with van der Waals surface area (Å²) < 4.78 is 20.3. The summed E-state index contributed by atoms with van der Waals surface area (Å²) in [6.07, 6.45) is 2.42. The SMILES string of the molecule is C[C@@H](Oc1ccc(F)cc1)C(=O)N(C)[C@@H](C)c1ccc(-n2cncn2)cc1. The number of carbonyl (C=O) groups excluding carboxylic acids is 1. The van der Waals surface area contributed by atoms with Crippen LogP contribution in [0.15, 0.2) is 61.2 Å². The highest BCUT2D eigenvalue weighted by Gasteiger charge is 2.24. The van der Waals surface area contributed by atoms with Gasteiger partial charge in [-0.05, 0) is 55.8 Å². The first kappa shape index (κ1) is 18.6. The molecule has 3 aromatic rings. The highest BCUT2D eigenvalue weighted by atomic mass is 19.1. The van der Waals surface area contributed by atoms with E-state index >= 15 is 0 Å². The Kier molecular flexibility index (Phi) is 5.49. The van der Waals surface area contributed by atoms with Gasteiger partial charge in [0.2, 0.25) is 0 Å². The topological polar surface area (TPSA) is 60.2 Å². The first-order valence-electron chi connectivity index (χ1n) is 8.59. The first-order valence-corrected chi connectivity index (χ1v) is 8.59. The highest BCUT2D eigenvalue weighted by molar-refractivity contribution is 5.81. The highest BCUT2D eigenvalue weighted by Crippen LogP contribution is 2.22. The molecule has 0 bridgehead atoms. The number of benzene rings is 2. The average molecular weight is 368 g/mol. The Balaban J connectivity index is 1.65. The number of amides is 1. The van der Waals surface area contributed by atoms with Crippen LogP contribution >= 0.6 is 0 Å². The second-order valence-electron chi connectivity index (χ2n) is 6.27. The second kappa shape index (κ2) is 7.99. The number of ether oxygens (including phenoxy) is 1. The third-order valence-corrected chi connectivity index (χ3v) is 4.46. The lowest BCUT2D eigenvalue weighted by atomic mass is 10.1. The summed E-state index contributed by atoms with van der Waals surface area (Å²) in [5.74, 6) is -0.0518. The van der Waals surface area contributed by atoms with Crippen LogP contribution in [0.4, 0.5) is 4.39 Å². The molecule has 27 heavy (non-hydrogen) atoms. The van der Waals surface area contributed by atoms with Gasteiger partial charge in [-0.15, -0.1) is 0 Å². The number of aromatic nitrogens is 3. The van der Waals surface area contributed by atoms with Crippen LogP contribution < -0.4 is 4.74 Å². The molecule has 7 heteroatoms. The van der Waals surface area contributed by atoms with Crippen molar-refractivity contribution < 1.29 is 13.9 Å². The van der Waals surface area contributed by atoms with Crippen molar-refractivity contribution in [3.8, 4) is 11.4 Å². The first-order chi connectivity index (χ1) is 13.0. The molecule has 0 aliphatic rings. The van der Waals surface area contributed by atoms with E-state index in [4.69, 9.17) is 4.74 Å². The molecule has 2 aromatic carbocycles.